The van der Waals surface area contributed by atoms with Crippen LogP contribution in [0.5, 0.6) is 17.2 Å². The van der Waals surface area contributed by atoms with Crippen molar-refractivity contribution in [1.29, 1.82) is 0 Å². The lowest BCUT2D eigenvalue weighted by atomic mass is 9.94. The quantitative estimate of drug-likeness (QED) is 0.249. The Labute approximate surface area is 224 Å². The Bertz CT molecular complexity index is 1470. The minimum Gasteiger partial charge on any atom is -0.507 e. The summed E-state index contributed by atoms with van der Waals surface area (Å²) in [6.07, 6.45) is 0. The summed E-state index contributed by atoms with van der Waals surface area (Å²) in [5.41, 5.74) is 1.23. The molecule has 0 bridgehead atoms. The minimum atomic E-state index is -1.04. The number of aliphatic hydroxyl groups excluding tert-OH is 1. The Morgan fingerprint density at radius 2 is 1.66 bits per heavy atom. The molecule has 4 rings (SSSR count). The predicted octanol–water partition coefficient (Wildman–Crippen LogP) is 4.95. The average molecular weight is 537 g/mol. The Morgan fingerprint density at radius 3 is 2.32 bits per heavy atom. The number of hydrogen-bond donors (Lipinski definition) is 2. The van der Waals surface area contributed by atoms with Crippen molar-refractivity contribution in [3.05, 3.63) is 82.4 Å². The van der Waals surface area contributed by atoms with Gasteiger partial charge in [-0.25, -0.2) is 0 Å². The molecule has 1 heterocycles. The molecule has 0 aromatic heterocycles. The summed E-state index contributed by atoms with van der Waals surface area (Å²) in [6.45, 7) is 1.36. The molecule has 196 valence electrons. The van der Waals surface area contributed by atoms with Crippen LogP contribution in [0.2, 0.25) is 5.02 Å². The second-order valence-electron chi connectivity index (χ2n) is 8.36. The fraction of sp³-hybridized carbons (Fsp3) is 0.179. The summed E-state index contributed by atoms with van der Waals surface area (Å²) in [5.74, 6) is -1.62. The zero-order valence-electron chi connectivity index (χ0n) is 21.1. The van der Waals surface area contributed by atoms with Gasteiger partial charge in [0.05, 0.1) is 43.5 Å². The largest absolute Gasteiger partial charge is 0.507 e. The molecule has 10 heteroatoms. The lowest BCUT2D eigenvalue weighted by Crippen LogP contribution is -2.29. The van der Waals surface area contributed by atoms with Gasteiger partial charge in [-0.1, -0.05) is 29.8 Å². The van der Waals surface area contributed by atoms with Crippen molar-refractivity contribution in [3.63, 3.8) is 0 Å². The highest BCUT2D eigenvalue weighted by molar-refractivity contribution is 6.51. The molecule has 0 aliphatic carbocycles. The molecule has 1 fully saturated rings. The van der Waals surface area contributed by atoms with Crippen LogP contribution >= 0.6 is 11.6 Å². The van der Waals surface area contributed by atoms with Crippen LogP contribution < -0.4 is 24.4 Å². The van der Waals surface area contributed by atoms with E-state index in [-0.39, 0.29) is 33.6 Å². The van der Waals surface area contributed by atoms with Crippen LogP contribution in [-0.4, -0.2) is 44.0 Å². The van der Waals surface area contributed by atoms with E-state index in [1.54, 1.807) is 48.5 Å². The number of carbonyl (C=O) groups excluding carboxylic acids is 3. The van der Waals surface area contributed by atoms with E-state index < -0.39 is 23.5 Å². The number of nitrogens with zero attached hydrogens (tertiary/aromatic N) is 1. The first kappa shape index (κ1) is 26.6. The molecule has 2 amide bonds. The number of ketones is 1. The van der Waals surface area contributed by atoms with E-state index in [4.69, 9.17) is 25.8 Å². The fourth-order valence-electron chi connectivity index (χ4n) is 4.35. The van der Waals surface area contributed by atoms with Crippen molar-refractivity contribution >= 4 is 46.3 Å². The topological polar surface area (TPSA) is 114 Å². The third-order valence-corrected chi connectivity index (χ3v) is 6.32. The molecule has 38 heavy (non-hydrogen) atoms. The van der Waals surface area contributed by atoms with Crippen LogP contribution in [0.3, 0.4) is 0 Å². The van der Waals surface area contributed by atoms with Crippen LogP contribution in [-0.2, 0) is 14.4 Å². The molecule has 1 aliphatic rings. The molecule has 1 aliphatic heterocycles. The van der Waals surface area contributed by atoms with Crippen LogP contribution in [0.25, 0.3) is 5.76 Å². The normalized spacial score (nSPS) is 16.3. The third-order valence-electron chi connectivity index (χ3n) is 6.03. The summed E-state index contributed by atoms with van der Waals surface area (Å²) in [5, 5.41) is 14.5. The van der Waals surface area contributed by atoms with Crippen molar-refractivity contribution in [2.24, 2.45) is 0 Å². The molecule has 0 radical (unpaired) electrons. The Balaban J connectivity index is 1.99. The van der Waals surface area contributed by atoms with Crippen molar-refractivity contribution in [2.75, 3.05) is 31.5 Å². The summed E-state index contributed by atoms with van der Waals surface area (Å²) < 4.78 is 16.1. The lowest BCUT2D eigenvalue weighted by Gasteiger charge is -2.26. The Morgan fingerprint density at radius 1 is 0.947 bits per heavy atom. The van der Waals surface area contributed by atoms with E-state index in [0.717, 1.165) is 0 Å². The maximum absolute atomic E-state index is 13.5. The van der Waals surface area contributed by atoms with Crippen LogP contribution in [0.4, 0.5) is 11.4 Å². The first-order chi connectivity index (χ1) is 18.2. The van der Waals surface area contributed by atoms with E-state index in [9.17, 15) is 19.5 Å². The monoisotopic (exact) mass is 536 g/mol. The number of amides is 2. The molecule has 1 atom stereocenters. The van der Waals surface area contributed by atoms with E-state index in [1.165, 1.54) is 45.3 Å². The number of rotatable bonds is 7. The standard InChI is InChI=1S/C28H25ClN2O7/c1-15(32)30-17-8-6-9-18(12-17)31-25(16-7-5-10-19(11-16)36-2)24(27(34)28(31)35)26(33)20-13-23(38-4)21(29)14-22(20)37-3/h5-14,25,33H,1-4H3,(H,30,32)/b26-24+. The van der Waals surface area contributed by atoms with Crippen LogP contribution in [0, 0.1) is 0 Å². The molecule has 1 unspecified atom stereocenters. The predicted molar refractivity (Wildman–Crippen MR) is 143 cm³/mol. The van der Waals surface area contributed by atoms with E-state index in [0.29, 0.717) is 22.7 Å². The van der Waals surface area contributed by atoms with Gasteiger partial charge in [0.15, 0.2) is 0 Å². The number of anilines is 2. The molecule has 9 nitrogen and oxygen atoms in total. The minimum absolute atomic E-state index is 0.117. The number of halogens is 1. The molecule has 0 saturated carbocycles. The van der Waals surface area contributed by atoms with Gasteiger partial charge in [0.2, 0.25) is 5.91 Å². The molecule has 0 spiro atoms. The maximum Gasteiger partial charge on any atom is 0.300 e. The number of methoxy groups -OCH3 is 3. The second-order valence-corrected chi connectivity index (χ2v) is 8.77. The first-order valence-electron chi connectivity index (χ1n) is 11.4. The summed E-state index contributed by atoms with van der Waals surface area (Å²) in [4.78, 5) is 39.9. The third kappa shape index (κ3) is 4.88. The smallest absolute Gasteiger partial charge is 0.300 e. The summed E-state index contributed by atoms with van der Waals surface area (Å²) in [7, 11) is 4.30. The van der Waals surface area contributed by atoms with Gasteiger partial charge in [-0.2, -0.15) is 0 Å². The van der Waals surface area contributed by atoms with Crippen molar-refractivity contribution in [1.82, 2.24) is 0 Å². The molecular weight excluding hydrogens is 512 g/mol. The highest BCUT2D eigenvalue weighted by Gasteiger charge is 2.47. The zero-order valence-corrected chi connectivity index (χ0v) is 21.8. The molecule has 2 N–H and O–H groups in total. The van der Waals surface area contributed by atoms with Gasteiger partial charge in [-0.05, 0) is 42.0 Å². The number of Topliss-reactive ketones (excluding diaryl/α,β-unsaturated/α-hetero) is 1. The van der Waals surface area contributed by atoms with Gasteiger partial charge in [0.1, 0.15) is 23.0 Å². The Kier molecular flexibility index (Phi) is 7.59. The van der Waals surface area contributed by atoms with Crippen molar-refractivity contribution in [2.45, 2.75) is 13.0 Å². The number of carbonyl (C=O) groups is 3. The fourth-order valence-corrected chi connectivity index (χ4v) is 4.58. The van der Waals surface area contributed by atoms with Crippen LogP contribution in [0.15, 0.2) is 66.2 Å². The number of aliphatic hydroxyl groups is 1. The Hall–Kier alpha value is -4.50. The van der Waals surface area contributed by atoms with Gasteiger partial charge in [-0.15, -0.1) is 0 Å². The zero-order chi connectivity index (χ0) is 27.6. The molecule has 3 aromatic rings. The van der Waals surface area contributed by atoms with Gasteiger partial charge < -0.3 is 24.6 Å². The van der Waals surface area contributed by atoms with Gasteiger partial charge in [-0.3, -0.25) is 19.3 Å². The molecule has 1 saturated heterocycles. The first-order valence-corrected chi connectivity index (χ1v) is 11.8. The highest BCUT2D eigenvalue weighted by Crippen LogP contribution is 2.45. The average Bonchev–Trinajstić information content (AvgIpc) is 3.18. The van der Waals surface area contributed by atoms with Gasteiger partial charge in [0, 0.05) is 24.4 Å². The van der Waals surface area contributed by atoms with Gasteiger partial charge in [0.25, 0.3) is 11.7 Å². The maximum atomic E-state index is 13.5. The molecule has 3 aromatic carbocycles. The van der Waals surface area contributed by atoms with E-state index >= 15 is 0 Å². The van der Waals surface area contributed by atoms with Crippen LogP contribution in [0.1, 0.15) is 24.1 Å². The van der Waals surface area contributed by atoms with Crippen molar-refractivity contribution in [3.8, 4) is 17.2 Å². The number of ether oxygens (including phenoxy) is 3. The summed E-state index contributed by atoms with van der Waals surface area (Å²) >= 11 is 6.23. The SMILES string of the molecule is COc1cccc(C2/C(=C(\O)c3cc(OC)c(Cl)cc3OC)C(=O)C(=O)N2c2cccc(NC(C)=O)c2)c1. The van der Waals surface area contributed by atoms with E-state index in [2.05, 4.69) is 5.32 Å². The summed E-state index contributed by atoms with van der Waals surface area (Å²) in [6, 6.07) is 15.2. The van der Waals surface area contributed by atoms with Crippen molar-refractivity contribution < 1.29 is 33.7 Å². The highest BCUT2D eigenvalue weighted by atomic mass is 35.5. The molecular formula is C28H25ClN2O7. The number of nitrogens with one attached hydrogen (secondary N) is 1. The van der Waals surface area contributed by atoms with E-state index in [1.807, 2.05) is 0 Å². The lowest BCUT2D eigenvalue weighted by molar-refractivity contribution is -0.132. The number of hydrogen-bond acceptors (Lipinski definition) is 7. The van der Waals surface area contributed by atoms with Gasteiger partial charge >= 0.3 is 0 Å². The number of benzene rings is 3. The second kappa shape index (κ2) is 10.9.